The Hall–Kier alpha value is -1.40. The molecule has 0 atom stereocenters. The van der Waals surface area contributed by atoms with Crippen LogP contribution >= 0.6 is 0 Å². The molecule has 0 N–H and O–H groups in total. The molecule has 2 rings (SSSR count). The Kier molecular flexibility index (Phi) is 7.55. The highest BCUT2D eigenvalue weighted by molar-refractivity contribution is 5.78. The minimum Gasteiger partial charge on any atom is -0.383 e. The summed E-state index contributed by atoms with van der Waals surface area (Å²) >= 11 is 0. The highest BCUT2D eigenvalue weighted by Crippen LogP contribution is 2.11. The van der Waals surface area contributed by atoms with Crippen LogP contribution in [0.15, 0.2) is 12.4 Å². The van der Waals surface area contributed by atoms with Crippen molar-refractivity contribution in [1.29, 1.82) is 0 Å². The van der Waals surface area contributed by atoms with Crippen LogP contribution in [0, 0.1) is 0 Å². The number of carbonyl (C=O) groups excluding carboxylic acids is 1. The third kappa shape index (κ3) is 5.95. The van der Waals surface area contributed by atoms with Crippen molar-refractivity contribution in [2.75, 3.05) is 39.9 Å². The fourth-order valence-electron chi connectivity index (χ4n) is 2.96. The fourth-order valence-corrected chi connectivity index (χ4v) is 2.96. The third-order valence-corrected chi connectivity index (χ3v) is 4.35. The Labute approximate surface area is 139 Å². The van der Waals surface area contributed by atoms with Gasteiger partial charge in [-0.25, -0.2) is 0 Å². The summed E-state index contributed by atoms with van der Waals surface area (Å²) in [7, 11) is 1.70. The summed E-state index contributed by atoms with van der Waals surface area (Å²) in [5.41, 5.74) is 1.15. The number of amides is 1. The summed E-state index contributed by atoms with van der Waals surface area (Å²) in [5, 5.41) is 4.31. The van der Waals surface area contributed by atoms with Gasteiger partial charge in [-0.3, -0.25) is 14.4 Å². The van der Waals surface area contributed by atoms with Gasteiger partial charge in [-0.1, -0.05) is 12.8 Å². The Morgan fingerprint density at radius 1 is 1.30 bits per heavy atom. The molecule has 0 radical (unpaired) electrons. The molecule has 1 aliphatic heterocycles. The Balaban J connectivity index is 1.92. The van der Waals surface area contributed by atoms with E-state index in [0.29, 0.717) is 13.2 Å². The molecule has 0 unspecified atom stereocenters. The largest absolute Gasteiger partial charge is 0.383 e. The van der Waals surface area contributed by atoms with E-state index in [0.717, 1.165) is 51.1 Å². The van der Waals surface area contributed by atoms with Gasteiger partial charge in [-0.05, 0) is 19.8 Å². The van der Waals surface area contributed by atoms with Crippen LogP contribution in [-0.4, -0.2) is 65.4 Å². The lowest BCUT2D eigenvalue weighted by molar-refractivity contribution is -0.132. The molecule has 0 bridgehead atoms. The minimum absolute atomic E-state index is 0.242. The van der Waals surface area contributed by atoms with Crippen molar-refractivity contribution in [2.45, 2.75) is 45.7 Å². The zero-order valence-corrected chi connectivity index (χ0v) is 14.5. The molecule has 0 saturated carbocycles. The van der Waals surface area contributed by atoms with E-state index in [2.05, 4.69) is 23.1 Å². The molecule has 6 nitrogen and oxygen atoms in total. The van der Waals surface area contributed by atoms with Gasteiger partial charge < -0.3 is 9.64 Å². The van der Waals surface area contributed by atoms with Crippen LogP contribution in [0.1, 0.15) is 38.2 Å². The lowest BCUT2D eigenvalue weighted by Gasteiger charge is -2.26. The van der Waals surface area contributed by atoms with Gasteiger partial charge in [0.2, 0.25) is 5.91 Å². The molecule has 1 saturated heterocycles. The Bertz CT molecular complexity index is 467. The average molecular weight is 322 g/mol. The van der Waals surface area contributed by atoms with Crippen LogP contribution in [0.25, 0.3) is 0 Å². The SMILES string of the molecule is CCn1cc(CN(CCOC)CC(=O)N2CCCCCC2)cn1. The van der Waals surface area contributed by atoms with Crippen LogP contribution in [0.4, 0.5) is 0 Å². The highest BCUT2D eigenvalue weighted by atomic mass is 16.5. The summed E-state index contributed by atoms with van der Waals surface area (Å²) in [6, 6.07) is 0. The Morgan fingerprint density at radius 3 is 2.65 bits per heavy atom. The van der Waals surface area contributed by atoms with Crippen molar-refractivity contribution < 1.29 is 9.53 Å². The van der Waals surface area contributed by atoms with Crippen molar-refractivity contribution in [2.24, 2.45) is 0 Å². The lowest BCUT2D eigenvalue weighted by atomic mass is 10.2. The lowest BCUT2D eigenvalue weighted by Crippen LogP contribution is -2.41. The monoisotopic (exact) mass is 322 g/mol. The average Bonchev–Trinajstić information content (AvgIpc) is 2.83. The second-order valence-electron chi connectivity index (χ2n) is 6.20. The van der Waals surface area contributed by atoms with Crippen LogP contribution in [0.2, 0.25) is 0 Å². The number of aromatic nitrogens is 2. The van der Waals surface area contributed by atoms with Gasteiger partial charge in [0.05, 0.1) is 19.3 Å². The maximum Gasteiger partial charge on any atom is 0.236 e. The first-order valence-electron chi connectivity index (χ1n) is 8.73. The van der Waals surface area contributed by atoms with Gasteiger partial charge in [0, 0.05) is 51.6 Å². The van der Waals surface area contributed by atoms with Crippen LogP contribution in [-0.2, 0) is 22.6 Å². The normalized spacial score (nSPS) is 15.9. The molecule has 130 valence electrons. The van der Waals surface area contributed by atoms with Crippen molar-refractivity contribution in [3.8, 4) is 0 Å². The van der Waals surface area contributed by atoms with Crippen molar-refractivity contribution >= 4 is 5.91 Å². The zero-order chi connectivity index (χ0) is 16.5. The van der Waals surface area contributed by atoms with E-state index in [1.54, 1.807) is 7.11 Å². The first kappa shape index (κ1) is 17.9. The fraction of sp³-hybridized carbons (Fsp3) is 0.765. The number of rotatable bonds is 8. The van der Waals surface area contributed by atoms with Crippen LogP contribution in [0.5, 0.6) is 0 Å². The molecule has 1 fully saturated rings. The molecule has 0 aromatic carbocycles. The molecule has 2 heterocycles. The van der Waals surface area contributed by atoms with Crippen molar-refractivity contribution in [3.63, 3.8) is 0 Å². The number of nitrogens with zero attached hydrogens (tertiary/aromatic N) is 4. The third-order valence-electron chi connectivity index (χ3n) is 4.35. The smallest absolute Gasteiger partial charge is 0.236 e. The van der Waals surface area contributed by atoms with E-state index in [9.17, 15) is 4.79 Å². The van der Waals surface area contributed by atoms with E-state index in [1.165, 1.54) is 12.8 Å². The summed E-state index contributed by atoms with van der Waals surface area (Å²) in [6.45, 7) is 7.34. The first-order chi connectivity index (χ1) is 11.2. The second kappa shape index (κ2) is 9.67. The molecule has 0 aliphatic carbocycles. The number of methoxy groups -OCH3 is 1. The summed E-state index contributed by atoms with van der Waals surface area (Å²) in [6.07, 6.45) is 8.69. The molecule has 6 heteroatoms. The molecule has 23 heavy (non-hydrogen) atoms. The molecule has 1 aromatic rings. The van der Waals surface area contributed by atoms with E-state index >= 15 is 0 Å². The Morgan fingerprint density at radius 2 is 2.04 bits per heavy atom. The molecular formula is C17H30N4O2. The summed E-state index contributed by atoms with van der Waals surface area (Å²) < 4.78 is 7.11. The van der Waals surface area contributed by atoms with E-state index in [-0.39, 0.29) is 5.91 Å². The van der Waals surface area contributed by atoms with Gasteiger partial charge in [0.25, 0.3) is 0 Å². The standard InChI is InChI=1S/C17H30N4O2/c1-3-21-14-16(12-18-21)13-19(10-11-23-2)15-17(22)20-8-6-4-5-7-9-20/h12,14H,3-11,13,15H2,1-2H3. The van der Waals surface area contributed by atoms with Gasteiger partial charge in [-0.15, -0.1) is 0 Å². The predicted octanol–water partition coefficient (Wildman–Crippen LogP) is 1.75. The quantitative estimate of drug-likeness (QED) is 0.732. The number of aryl methyl sites for hydroxylation is 1. The van der Waals surface area contributed by atoms with E-state index in [4.69, 9.17) is 4.74 Å². The minimum atomic E-state index is 0.242. The molecule has 1 aliphatic rings. The van der Waals surface area contributed by atoms with Crippen molar-refractivity contribution in [1.82, 2.24) is 19.6 Å². The first-order valence-corrected chi connectivity index (χ1v) is 8.73. The number of ether oxygens (including phenoxy) is 1. The summed E-state index contributed by atoms with van der Waals surface area (Å²) in [4.78, 5) is 16.8. The zero-order valence-electron chi connectivity index (χ0n) is 14.5. The predicted molar refractivity (Wildman–Crippen MR) is 90.1 cm³/mol. The maximum absolute atomic E-state index is 12.6. The molecule has 1 amide bonds. The number of likely N-dealkylation sites (tertiary alicyclic amines) is 1. The van der Waals surface area contributed by atoms with Gasteiger partial charge >= 0.3 is 0 Å². The van der Waals surface area contributed by atoms with E-state index < -0.39 is 0 Å². The maximum atomic E-state index is 12.6. The molecule has 0 spiro atoms. The summed E-state index contributed by atoms with van der Waals surface area (Å²) in [5.74, 6) is 0.242. The van der Waals surface area contributed by atoms with Gasteiger partial charge in [0.15, 0.2) is 0 Å². The molecular weight excluding hydrogens is 292 g/mol. The number of carbonyl (C=O) groups is 1. The number of hydrogen-bond acceptors (Lipinski definition) is 4. The van der Waals surface area contributed by atoms with Crippen LogP contribution in [0.3, 0.4) is 0 Å². The number of hydrogen-bond donors (Lipinski definition) is 0. The highest BCUT2D eigenvalue weighted by Gasteiger charge is 2.19. The van der Waals surface area contributed by atoms with E-state index in [1.807, 2.05) is 15.8 Å². The second-order valence-corrected chi connectivity index (χ2v) is 6.20. The van der Waals surface area contributed by atoms with Gasteiger partial charge in [-0.2, -0.15) is 5.10 Å². The van der Waals surface area contributed by atoms with Gasteiger partial charge in [0.1, 0.15) is 0 Å². The van der Waals surface area contributed by atoms with Crippen LogP contribution < -0.4 is 0 Å². The molecule has 1 aromatic heterocycles. The van der Waals surface area contributed by atoms with Crippen molar-refractivity contribution in [3.05, 3.63) is 18.0 Å². The topological polar surface area (TPSA) is 50.6 Å².